The number of halogens is 1. The second kappa shape index (κ2) is 4.68. The Hall–Kier alpha value is -1.71. The smallest absolute Gasteiger partial charge is 0.229 e. The monoisotopic (exact) mass is 206 g/mol. The first-order chi connectivity index (χ1) is 7.34. The van der Waals surface area contributed by atoms with Crippen molar-refractivity contribution in [1.82, 2.24) is 0 Å². The molecule has 1 atom stereocenters. The van der Waals surface area contributed by atoms with Gasteiger partial charge in [-0.15, -0.1) is 10.2 Å². The van der Waals surface area contributed by atoms with Crippen LogP contribution in [0.5, 0.6) is 0 Å². The van der Waals surface area contributed by atoms with Crippen LogP contribution in [0.3, 0.4) is 0 Å². The summed E-state index contributed by atoms with van der Waals surface area (Å²) in [6.45, 7) is 0.433. The fourth-order valence-corrected chi connectivity index (χ4v) is 1.22. The van der Waals surface area contributed by atoms with Gasteiger partial charge >= 0.3 is 0 Å². The fourth-order valence-electron chi connectivity index (χ4n) is 1.22. The molecule has 15 heavy (non-hydrogen) atoms. The second-order valence-corrected chi connectivity index (χ2v) is 3.20. The molecule has 0 aromatic heterocycles. The third kappa shape index (κ3) is 2.87. The molecule has 4 heteroatoms. The summed E-state index contributed by atoms with van der Waals surface area (Å²) in [6, 6.07) is 9.73. The summed E-state index contributed by atoms with van der Waals surface area (Å²) in [7, 11) is 0. The summed E-state index contributed by atoms with van der Waals surface area (Å²) in [5.41, 5.74) is 1.05. The summed E-state index contributed by atoms with van der Waals surface area (Å²) < 4.78 is 17.9. The van der Waals surface area contributed by atoms with Crippen LogP contribution in [-0.4, -0.2) is 6.30 Å². The molecular formula is C11H11FN2O. The van der Waals surface area contributed by atoms with Gasteiger partial charge in [0.1, 0.15) is 6.61 Å². The molecular weight excluding hydrogens is 195 g/mol. The van der Waals surface area contributed by atoms with Crippen LogP contribution in [0, 0.1) is 0 Å². The molecule has 0 aliphatic carbocycles. The molecule has 0 amide bonds. The fraction of sp³-hybridized carbons (Fsp3) is 0.273. The molecule has 1 aromatic carbocycles. The Bertz CT molecular complexity index is 375. The maximum absolute atomic E-state index is 12.6. The van der Waals surface area contributed by atoms with Crippen molar-refractivity contribution in [3.63, 3.8) is 0 Å². The Morgan fingerprint density at radius 1 is 1.33 bits per heavy atom. The molecule has 1 heterocycles. The lowest BCUT2D eigenvalue weighted by molar-refractivity contribution is 0.180. The number of benzene rings is 1. The first kappa shape index (κ1) is 9.83. The summed E-state index contributed by atoms with van der Waals surface area (Å²) in [6.07, 6.45) is 0.642. The summed E-state index contributed by atoms with van der Waals surface area (Å²) in [4.78, 5) is 0. The Balaban J connectivity index is 1.87. The van der Waals surface area contributed by atoms with Crippen molar-refractivity contribution in [2.45, 2.75) is 19.3 Å². The van der Waals surface area contributed by atoms with E-state index in [0.717, 1.165) is 5.56 Å². The highest BCUT2D eigenvalue weighted by Gasteiger charge is 2.09. The van der Waals surface area contributed by atoms with Gasteiger partial charge in [0.2, 0.25) is 12.2 Å². The number of hydrogen-bond acceptors (Lipinski definition) is 3. The molecule has 0 spiro atoms. The van der Waals surface area contributed by atoms with Crippen LogP contribution >= 0.6 is 0 Å². The number of azo groups is 1. The molecule has 1 aliphatic rings. The van der Waals surface area contributed by atoms with Gasteiger partial charge in [0.25, 0.3) is 0 Å². The van der Waals surface area contributed by atoms with E-state index in [1.807, 2.05) is 30.3 Å². The molecule has 0 N–H and O–H groups in total. The third-order valence-electron chi connectivity index (χ3n) is 2.00. The van der Waals surface area contributed by atoms with Gasteiger partial charge in [0, 0.05) is 6.42 Å². The Kier molecular flexibility index (Phi) is 3.07. The van der Waals surface area contributed by atoms with Crippen LogP contribution in [0.25, 0.3) is 0 Å². The Labute approximate surface area is 87.3 Å². The summed E-state index contributed by atoms with van der Waals surface area (Å²) >= 11 is 0. The zero-order valence-corrected chi connectivity index (χ0v) is 8.14. The Morgan fingerprint density at radius 2 is 2.13 bits per heavy atom. The zero-order chi connectivity index (χ0) is 10.5. The van der Waals surface area contributed by atoms with Gasteiger partial charge < -0.3 is 4.74 Å². The van der Waals surface area contributed by atoms with Crippen molar-refractivity contribution < 1.29 is 9.13 Å². The quantitative estimate of drug-likeness (QED) is 0.699. The van der Waals surface area contributed by atoms with Crippen LogP contribution in [0.2, 0.25) is 0 Å². The highest BCUT2D eigenvalue weighted by molar-refractivity contribution is 5.13. The van der Waals surface area contributed by atoms with E-state index in [4.69, 9.17) is 4.74 Å². The minimum atomic E-state index is -1.21. The van der Waals surface area contributed by atoms with Gasteiger partial charge in [-0.25, -0.2) is 4.39 Å². The number of hydrogen-bond donors (Lipinski definition) is 0. The van der Waals surface area contributed by atoms with Crippen LogP contribution in [0.15, 0.2) is 52.5 Å². The van der Waals surface area contributed by atoms with E-state index in [9.17, 15) is 4.39 Å². The van der Waals surface area contributed by atoms with Gasteiger partial charge in [0.05, 0.1) is 0 Å². The number of rotatable bonds is 3. The topological polar surface area (TPSA) is 34.0 Å². The van der Waals surface area contributed by atoms with Crippen molar-refractivity contribution >= 4 is 0 Å². The molecule has 1 aromatic rings. The van der Waals surface area contributed by atoms with Crippen LogP contribution in [0.4, 0.5) is 4.39 Å². The minimum Gasteiger partial charge on any atom is -0.472 e. The maximum Gasteiger partial charge on any atom is 0.229 e. The predicted octanol–water partition coefficient (Wildman–Crippen LogP) is 3.20. The highest BCUT2D eigenvalue weighted by Crippen LogP contribution is 2.16. The average Bonchev–Trinajstić information content (AvgIpc) is 2.30. The SMILES string of the molecule is FC1CC=C(OCc2ccccc2)N=N1. The number of ether oxygens (including phenoxy) is 1. The van der Waals surface area contributed by atoms with Gasteiger partial charge in [0.15, 0.2) is 0 Å². The lowest BCUT2D eigenvalue weighted by atomic mass is 10.2. The molecule has 1 aliphatic heterocycles. The van der Waals surface area contributed by atoms with E-state index in [1.54, 1.807) is 6.08 Å². The molecule has 1 unspecified atom stereocenters. The van der Waals surface area contributed by atoms with Crippen molar-refractivity contribution in [3.8, 4) is 0 Å². The lowest BCUT2D eigenvalue weighted by Gasteiger charge is -2.09. The number of nitrogens with zero attached hydrogens (tertiary/aromatic N) is 2. The van der Waals surface area contributed by atoms with E-state index in [0.29, 0.717) is 12.5 Å². The highest BCUT2D eigenvalue weighted by atomic mass is 19.1. The van der Waals surface area contributed by atoms with Crippen LogP contribution in [-0.2, 0) is 11.3 Å². The van der Waals surface area contributed by atoms with Gasteiger partial charge in [-0.05, 0) is 11.6 Å². The van der Waals surface area contributed by atoms with Gasteiger partial charge in [-0.1, -0.05) is 30.3 Å². The zero-order valence-electron chi connectivity index (χ0n) is 8.14. The lowest BCUT2D eigenvalue weighted by Crippen LogP contribution is -2.00. The molecule has 0 bridgehead atoms. The van der Waals surface area contributed by atoms with Crippen LogP contribution in [0.1, 0.15) is 12.0 Å². The summed E-state index contributed by atoms with van der Waals surface area (Å²) in [5, 5.41) is 7.00. The summed E-state index contributed by atoms with van der Waals surface area (Å²) in [5.74, 6) is 0.396. The predicted molar refractivity (Wildman–Crippen MR) is 53.7 cm³/mol. The number of alkyl halides is 1. The van der Waals surface area contributed by atoms with E-state index in [1.165, 1.54) is 0 Å². The molecule has 2 rings (SSSR count). The largest absolute Gasteiger partial charge is 0.472 e. The van der Waals surface area contributed by atoms with E-state index in [-0.39, 0.29) is 6.42 Å². The standard InChI is InChI=1S/C11H11FN2O/c12-10-6-7-11(14-13-10)15-8-9-4-2-1-3-5-9/h1-5,7,10H,6,8H2. The molecule has 0 fully saturated rings. The first-order valence-corrected chi connectivity index (χ1v) is 4.76. The maximum atomic E-state index is 12.6. The van der Waals surface area contributed by atoms with Gasteiger partial charge in [-0.2, -0.15) is 0 Å². The first-order valence-electron chi connectivity index (χ1n) is 4.76. The van der Waals surface area contributed by atoms with Gasteiger partial charge in [-0.3, -0.25) is 0 Å². The van der Waals surface area contributed by atoms with Crippen molar-refractivity contribution in [1.29, 1.82) is 0 Å². The molecule has 0 radical (unpaired) electrons. The Morgan fingerprint density at radius 3 is 2.80 bits per heavy atom. The van der Waals surface area contributed by atoms with Crippen molar-refractivity contribution in [3.05, 3.63) is 47.9 Å². The molecule has 0 saturated heterocycles. The normalized spacial score (nSPS) is 19.8. The second-order valence-electron chi connectivity index (χ2n) is 3.20. The molecule has 78 valence electrons. The third-order valence-corrected chi connectivity index (χ3v) is 2.00. The van der Waals surface area contributed by atoms with Crippen molar-refractivity contribution in [2.75, 3.05) is 0 Å². The average molecular weight is 206 g/mol. The van der Waals surface area contributed by atoms with E-state index in [2.05, 4.69) is 10.2 Å². The minimum absolute atomic E-state index is 0.244. The van der Waals surface area contributed by atoms with Crippen LogP contribution < -0.4 is 0 Å². The van der Waals surface area contributed by atoms with Crippen molar-refractivity contribution in [2.24, 2.45) is 10.2 Å². The molecule has 3 nitrogen and oxygen atoms in total. The van der Waals surface area contributed by atoms with E-state index < -0.39 is 6.30 Å². The van der Waals surface area contributed by atoms with E-state index >= 15 is 0 Å². The molecule has 0 saturated carbocycles.